The Balaban J connectivity index is 2.28. The van der Waals surface area contributed by atoms with E-state index >= 15 is 0 Å². The van der Waals surface area contributed by atoms with Crippen molar-refractivity contribution in [1.82, 2.24) is 0 Å². The molecule has 2 N–H and O–H groups in total. The van der Waals surface area contributed by atoms with Crippen LogP contribution in [-0.4, -0.2) is 16.8 Å². The van der Waals surface area contributed by atoms with Gasteiger partial charge >= 0.3 is 0 Å². The number of rotatable bonds is 3. The van der Waals surface area contributed by atoms with Crippen LogP contribution in [0.4, 0.5) is 5.69 Å². The van der Waals surface area contributed by atoms with Crippen LogP contribution in [-0.2, 0) is 0 Å². The molecule has 0 aliphatic carbocycles. The van der Waals surface area contributed by atoms with Gasteiger partial charge < -0.3 is 10.4 Å². The normalized spacial score (nSPS) is 10.1. The Morgan fingerprint density at radius 2 is 1.80 bits per heavy atom. The van der Waals surface area contributed by atoms with Crippen molar-refractivity contribution in [2.45, 2.75) is 13.8 Å². The Bertz CT molecular complexity index is 677. The van der Waals surface area contributed by atoms with Gasteiger partial charge in [0, 0.05) is 11.1 Å². The highest BCUT2D eigenvalue weighted by Crippen LogP contribution is 2.20. The average Bonchev–Trinajstić information content (AvgIpc) is 2.42. The zero-order valence-corrected chi connectivity index (χ0v) is 11.3. The Hall–Kier alpha value is -2.62. The first-order chi connectivity index (χ1) is 9.49. The minimum Gasteiger partial charge on any atom is -0.508 e. The maximum absolute atomic E-state index is 12.1. The third-order valence-electron chi connectivity index (χ3n) is 3.03. The van der Waals surface area contributed by atoms with Crippen LogP contribution in [0.25, 0.3) is 0 Å². The van der Waals surface area contributed by atoms with Gasteiger partial charge in [-0.3, -0.25) is 9.59 Å². The predicted octanol–water partition coefficient (Wildman–Crippen LogP) is 3.16. The molecule has 0 aliphatic rings. The number of carbonyl (C=O) groups is 2. The molecule has 0 aliphatic heterocycles. The first-order valence-corrected chi connectivity index (χ1v) is 6.20. The highest BCUT2D eigenvalue weighted by atomic mass is 16.3. The van der Waals surface area contributed by atoms with E-state index in [1.807, 2.05) is 0 Å². The fourth-order valence-electron chi connectivity index (χ4n) is 1.84. The van der Waals surface area contributed by atoms with E-state index in [1.165, 1.54) is 13.0 Å². The van der Waals surface area contributed by atoms with Gasteiger partial charge in [-0.2, -0.15) is 0 Å². The summed E-state index contributed by atoms with van der Waals surface area (Å²) in [6.45, 7) is 3.20. The molecule has 102 valence electrons. The van der Waals surface area contributed by atoms with Gasteiger partial charge in [-0.15, -0.1) is 0 Å². The number of phenolic OH excluding ortho intramolecular Hbond substituents is 1. The summed E-state index contributed by atoms with van der Waals surface area (Å²) in [7, 11) is 0. The maximum atomic E-state index is 12.1. The number of carbonyl (C=O) groups excluding carboxylic acids is 2. The molecule has 2 aromatic rings. The zero-order valence-electron chi connectivity index (χ0n) is 11.3. The van der Waals surface area contributed by atoms with Crippen molar-refractivity contribution in [2.24, 2.45) is 0 Å². The van der Waals surface area contributed by atoms with Crippen molar-refractivity contribution in [3.05, 3.63) is 59.2 Å². The van der Waals surface area contributed by atoms with Crippen LogP contribution in [0.5, 0.6) is 5.75 Å². The van der Waals surface area contributed by atoms with E-state index in [4.69, 9.17) is 0 Å². The molecule has 2 aromatic carbocycles. The van der Waals surface area contributed by atoms with Crippen molar-refractivity contribution >= 4 is 17.4 Å². The summed E-state index contributed by atoms with van der Waals surface area (Å²) in [5, 5.41) is 12.3. The summed E-state index contributed by atoms with van der Waals surface area (Å²) in [6, 6.07) is 11.5. The number of ketones is 1. The minimum absolute atomic E-state index is 0.0671. The molecule has 0 aromatic heterocycles. The van der Waals surface area contributed by atoms with E-state index in [0.717, 1.165) is 0 Å². The van der Waals surface area contributed by atoms with E-state index in [1.54, 1.807) is 43.3 Å². The fourth-order valence-corrected chi connectivity index (χ4v) is 1.84. The van der Waals surface area contributed by atoms with Gasteiger partial charge in [-0.25, -0.2) is 0 Å². The molecule has 20 heavy (non-hydrogen) atoms. The van der Waals surface area contributed by atoms with Crippen molar-refractivity contribution in [2.75, 3.05) is 5.32 Å². The van der Waals surface area contributed by atoms with Crippen molar-refractivity contribution in [3.63, 3.8) is 0 Å². The topological polar surface area (TPSA) is 66.4 Å². The lowest BCUT2D eigenvalue weighted by molar-refractivity contribution is 0.101. The number of anilines is 1. The predicted molar refractivity (Wildman–Crippen MR) is 77.2 cm³/mol. The van der Waals surface area contributed by atoms with Gasteiger partial charge in [0.1, 0.15) is 5.75 Å². The Morgan fingerprint density at radius 1 is 1.10 bits per heavy atom. The molecule has 0 saturated heterocycles. The highest BCUT2D eigenvalue weighted by Gasteiger charge is 2.12. The molecule has 0 unspecified atom stereocenters. The zero-order chi connectivity index (χ0) is 14.7. The van der Waals surface area contributed by atoms with Gasteiger partial charge in [0.05, 0.1) is 5.69 Å². The lowest BCUT2D eigenvalue weighted by Crippen LogP contribution is -2.14. The number of nitrogens with one attached hydrogen (secondary N) is 1. The lowest BCUT2D eigenvalue weighted by atomic mass is 10.1. The smallest absolute Gasteiger partial charge is 0.255 e. The van der Waals surface area contributed by atoms with Gasteiger partial charge in [-0.1, -0.05) is 18.2 Å². The third kappa shape index (κ3) is 2.85. The largest absolute Gasteiger partial charge is 0.508 e. The van der Waals surface area contributed by atoms with E-state index in [2.05, 4.69) is 5.32 Å². The lowest BCUT2D eigenvalue weighted by Gasteiger charge is -2.09. The number of aryl methyl sites for hydroxylation is 1. The number of aromatic hydroxyl groups is 1. The van der Waals surface area contributed by atoms with Gasteiger partial charge in [0.2, 0.25) is 0 Å². The Morgan fingerprint density at radius 3 is 2.45 bits per heavy atom. The Labute approximate surface area is 117 Å². The van der Waals surface area contributed by atoms with Gasteiger partial charge in [0.15, 0.2) is 5.78 Å². The number of benzene rings is 2. The number of para-hydroxylation sites is 1. The summed E-state index contributed by atoms with van der Waals surface area (Å²) < 4.78 is 0. The van der Waals surface area contributed by atoms with Crippen LogP contribution in [0.2, 0.25) is 0 Å². The molecular formula is C16H15NO3. The average molecular weight is 269 g/mol. The van der Waals surface area contributed by atoms with E-state index in [-0.39, 0.29) is 17.4 Å². The van der Waals surface area contributed by atoms with Crippen molar-refractivity contribution in [3.8, 4) is 5.75 Å². The van der Waals surface area contributed by atoms with Crippen LogP contribution < -0.4 is 5.32 Å². The fraction of sp³-hybridized carbons (Fsp3) is 0.125. The summed E-state index contributed by atoms with van der Waals surface area (Å²) in [5.74, 6) is -0.417. The number of phenols is 1. The van der Waals surface area contributed by atoms with Crippen LogP contribution in [0.3, 0.4) is 0 Å². The first kappa shape index (κ1) is 13.8. The number of hydrogen-bond donors (Lipinski definition) is 2. The van der Waals surface area contributed by atoms with E-state index in [9.17, 15) is 14.7 Å². The molecule has 0 fully saturated rings. The van der Waals surface area contributed by atoms with E-state index in [0.29, 0.717) is 22.4 Å². The molecular weight excluding hydrogens is 254 g/mol. The van der Waals surface area contributed by atoms with Crippen molar-refractivity contribution < 1.29 is 14.7 Å². The molecule has 0 atom stereocenters. The minimum atomic E-state index is -0.367. The monoisotopic (exact) mass is 269 g/mol. The number of hydrogen-bond acceptors (Lipinski definition) is 3. The molecule has 1 amide bonds. The second-order valence-electron chi connectivity index (χ2n) is 4.56. The molecule has 0 bridgehead atoms. The summed E-state index contributed by atoms with van der Waals surface area (Å²) in [4.78, 5) is 23.6. The highest BCUT2D eigenvalue weighted by molar-refractivity contribution is 6.09. The van der Waals surface area contributed by atoms with E-state index < -0.39 is 0 Å². The van der Waals surface area contributed by atoms with Gasteiger partial charge in [-0.05, 0) is 43.7 Å². The second kappa shape index (κ2) is 5.57. The standard InChI is InChI=1S/C16H15NO3/c1-10-7-8-12(9-15(10)19)16(20)17-14-6-4-3-5-13(14)11(2)18/h3-9,19H,1-2H3,(H,17,20). The molecule has 0 heterocycles. The summed E-state index contributed by atoms with van der Waals surface area (Å²) >= 11 is 0. The van der Waals surface area contributed by atoms with Crippen LogP contribution in [0, 0.1) is 6.92 Å². The Kier molecular flexibility index (Phi) is 3.84. The molecule has 4 heteroatoms. The number of Topliss-reactive ketones (excluding diaryl/α,β-unsaturated/α-hetero) is 1. The van der Waals surface area contributed by atoms with Gasteiger partial charge in [0.25, 0.3) is 5.91 Å². The quantitative estimate of drug-likeness (QED) is 0.841. The maximum Gasteiger partial charge on any atom is 0.255 e. The SMILES string of the molecule is CC(=O)c1ccccc1NC(=O)c1ccc(C)c(O)c1. The first-order valence-electron chi connectivity index (χ1n) is 6.20. The molecule has 4 nitrogen and oxygen atoms in total. The summed E-state index contributed by atoms with van der Waals surface area (Å²) in [5.41, 5.74) is 1.96. The molecule has 0 saturated carbocycles. The molecule has 0 spiro atoms. The third-order valence-corrected chi connectivity index (χ3v) is 3.03. The van der Waals surface area contributed by atoms with Crippen molar-refractivity contribution in [1.29, 1.82) is 0 Å². The van der Waals surface area contributed by atoms with Crippen LogP contribution in [0.1, 0.15) is 33.2 Å². The molecule has 2 rings (SSSR count). The van der Waals surface area contributed by atoms with Crippen LogP contribution in [0.15, 0.2) is 42.5 Å². The van der Waals surface area contributed by atoms with Crippen LogP contribution >= 0.6 is 0 Å². The summed E-state index contributed by atoms with van der Waals surface area (Å²) in [6.07, 6.45) is 0. The molecule has 0 radical (unpaired) electrons. The second-order valence-corrected chi connectivity index (χ2v) is 4.56. The number of amides is 1.